The topological polar surface area (TPSA) is 33.5 Å². The van der Waals surface area contributed by atoms with E-state index in [2.05, 4.69) is 6.07 Å². The number of furan rings is 1. The van der Waals surface area contributed by atoms with E-state index >= 15 is 0 Å². The predicted octanol–water partition coefficient (Wildman–Crippen LogP) is 4.86. The van der Waals surface area contributed by atoms with Crippen LogP contribution in [-0.2, 0) is 4.79 Å². The predicted molar refractivity (Wildman–Crippen MR) is 99.4 cm³/mol. The van der Waals surface area contributed by atoms with Gasteiger partial charge in [-0.05, 0) is 49.8 Å². The summed E-state index contributed by atoms with van der Waals surface area (Å²) in [6, 6.07) is 9.65. The number of benzene rings is 1. The average molecular weight is 341 g/mol. The lowest BCUT2D eigenvalue weighted by Crippen LogP contribution is -2.28. The van der Waals surface area contributed by atoms with Crippen molar-refractivity contribution >= 4 is 46.0 Å². The van der Waals surface area contributed by atoms with E-state index in [1.165, 1.54) is 11.8 Å². The van der Waals surface area contributed by atoms with Crippen molar-refractivity contribution in [1.82, 2.24) is 0 Å². The minimum atomic E-state index is -0.0870. The molecule has 0 spiro atoms. The zero-order chi connectivity index (χ0) is 16.4. The Balaban J connectivity index is 1.85. The Kier molecular flexibility index (Phi) is 4.50. The minimum absolute atomic E-state index is 0.0870. The van der Waals surface area contributed by atoms with Gasteiger partial charge >= 0.3 is 0 Å². The molecule has 0 atom stereocenters. The standard InChI is InChI=1S/C18H15NO2S2/c1-12-8-9-15(13(2)11-12)19-17(20)16(23-18(19)22)7-3-5-14-6-4-10-21-14/h3-11H,1-2H3. The van der Waals surface area contributed by atoms with E-state index in [1.807, 2.05) is 44.2 Å². The zero-order valence-corrected chi connectivity index (χ0v) is 14.4. The Morgan fingerprint density at radius 3 is 2.78 bits per heavy atom. The molecule has 3 nitrogen and oxygen atoms in total. The van der Waals surface area contributed by atoms with Crippen molar-refractivity contribution in [3.8, 4) is 0 Å². The highest BCUT2D eigenvalue weighted by Crippen LogP contribution is 2.36. The molecule has 2 heterocycles. The summed E-state index contributed by atoms with van der Waals surface area (Å²) in [5, 5.41) is 0. The van der Waals surface area contributed by atoms with Crippen molar-refractivity contribution in [3.05, 3.63) is 70.5 Å². The monoisotopic (exact) mass is 341 g/mol. The number of thiocarbonyl (C=S) groups is 1. The Morgan fingerprint density at radius 1 is 1.26 bits per heavy atom. The number of anilines is 1. The summed E-state index contributed by atoms with van der Waals surface area (Å²) in [5.41, 5.74) is 3.04. The van der Waals surface area contributed by atoms with Crippen LogP contribution in [0.1, 0.15) is 16.9 Å². The van der Waals surface area contributed by atoms with E-state index in [4.69, 9.17) is 16.6 Å². The summed E-state index contributed by atoms with van der Waals surface area (Å²) in [4.78, 5) is 14.8. The van der Waals surface area contributed by atoms with Crippen molar-refractivity contribution < 1.29 is 9.21 Å². The second kappa shape index (κ2) is 6.56. The Hall–Kier alpha value is -2.11. The van der Waals surface area contributed by atoms with Crippen LogP contribution in [0, 0.1) is 13.8 Å². The van der Waals surface area contributed by atoms with Gasteiger partial charge in [-0.2, -0.15) is 0 Å². The van der Waals surface area contributed by atoms with Crippen LogP contribution in [0.3, 0.4) is 0 Å². The summed E-state index contributed by atoms with van der Waals surface area (Å²) in [5.74, 6) is 0.655. The summed E-state index contributed by atoms with van der Waals surface area (Å²) in [6.45, 7) is 4.02. The third-order valence-corrected chi connectivity index (χ3v) is 4.76. The van der Waals surface area contributed by atoms with Gasteiger partial charge in [0, 0.05) is 0 Å². The largest absolute Gasteiger partial charge is 0.465 e. The molecule has 23 heavy (non-hydrogen) atoms. The van der Waals surface area contributed by atoms with Gasteiger partial charge in [-0.25, -0.2) is 0 Å². The molecule has 0 aliphatic carbocycles. The van der Waals surface area contributed by atoms with Gasteiger partial charge in [0.15, 0.2) is 4.32 Å². The molecule has 116 valence electrons. The first-order valence-corrected chi connectivity index (χ1v) is 8.34. The van der Waals surface area contributed by atoms with Crippen LogP contribution in [0.2, 0.25) is 0 Å². The van der Waals surface area contributed by atoms with Gasteiger partial charge in [-0.1, -0.05) is 47.8 Å². The first-order valence-electron chi connectivity index (χ1n) is 7.11. The van der Waals surface area contributed by atoms with E-state index in [0.29, 0.717) is 9.23 Å². The van der Waals surface area contributed by atoms with E-state index in [9.17, 15) is 4.79 Å². The molecule has 0 saturated carbocycles. The van der Waals surface area contributed by atoms with E-state index < -0.39 is 0 Å². The van der Waals surface area contributed by atoms with Crippen LogP contribution >= 0.6 is 24.0 Å². The fourth-order valence-electron chi connectivity index (χ4n) is 2.36. The Labute approximate surface area is 144 Å². The molecule has 1 amide bonds. The van der Waals surface area contributed by atoms with Crippen LogP contribution < -0.4 is 4.90 Å². The normalized spacial score (nSPS) is 17.0. The van der Waals surface area contributed by atoms with Gasteiger partial charge in [0.25, 0.3) is 5.91 Å². The number of hydrogen-bond donors (Lipinski definition) is 0. The smallest absolute Gasteiger partial charge is 0.270 e. The van der Waals surface area contributed by atoms with Crippen LogP contribution in [0.25, 0.3) is 6.08 Å². The van der Waals surface area contributed by atoms with Crippen molar-refractivity contribution in [1.29, 1.82) is 0 Å². The average Bonchev–Trinajstić information content (AvgIpc) is 3.10. The summed E-state index contributed by atoms with van der Waals surface area (Å²) >= 11 is 6.70. The number of rotatable bonds is 3. The molecule has 0 N–H and O–H groups in total. The quantitative estimate of drug-likeness (QED) is 0.590. The molecule has 1 saturated heterocycles. The number of amides is 1. The van der Waals surface area contributed by atoms with Crippen LogP contribution in [0.15, 0.2) is 58.1 Å². The molecular weight excluding hydrogens is 326 g/mol. The molecule has 0 unspecified atom stereocenters. The van der Waals surface area contributed by atoms with Crippen molar-refractivity contribution in [2.45, 2.75) is 13.8 Å². The van der Waals surface area contributed by atoms with Crippen molar-refractivity contribution in [2.75, 3.05) is 4.90 Å². The number of hydrogen-bond acceptors (Lipinski definition) is 4. The van der Waals surface area contributed by atoms with Gasteiger partial charge in [0.05, 0.1) is 16.9 Å². The molecule has 0 bridgehead atoms. The molecule has 1 aliphatic rings. The highest BCUT2D eigenvalue weighted by Gasteiger charge is 2.33. The molecular formula is C18H15NO2S2. The molecule has 5 heteroatoms. The highest BCUT2D eigenvalue weighted by atomic mass is 32.2. The van der Waals surface area contributed by atoms with Crippen molar-refractivity contribution in [3.63, 3.8) is 0 Å². The summed E-state index contributed by atoms with van der Waals surface area (Å²) in [7, 11) is 0. The van der Waals surface area contributed by atoms with Gasteiger partial charge in [-0.15, -0.1) is 0 Å². The maximum absolute atomic E-state index is 12.6. The maximum atomic E-state index is 12.6. The van der Waals surface area contributed by atoms with E-state index in [1.54, 1.807) is 23.3 Å². The first-order chi connectivity index (χ1) is 11.1. The lowest BCUT2D eigenvalue weighted by molar-refractivity contribution is -0.113. The van der Waals surface area contributed by atoms with E-state index in [-0.39, 0.29) is 5.91 Å². The van der Waals surface area contributed by atoms with Crippen molar-refractivity contribution in [2.24, 2.45) is 0 Å². The second-order valence-electron chi connectivity index (χ2n) is 5.20. The van der Waals surface area contributed by atoms with Crippen LogP contribution in [-0.4, -0.2) is 10.2 Å². The Morgan fingerprint density at radius 2 is 2.09 bits per heavy atom. The fourth-order valence-corrected chi connectivity index (χ4v) is 3.60. The lowest BCUT2D eigenvalue weighted by atomic mass is 10.1. The third kappa shape index (κ3) is 3.30. The van der Waals surface area contributed by atoms with Gasteiger partial charge in [0.1, 0.15) is 5.76 Å². The number of carbonyl (C=O) groups excluding carboxylic acids is 1. The van der Waals surface area contributed by atoms with Gasteiger partial charge < -0.3 is 4.42 Å². The Bertz CT molecular complexity index is 820. The first kappa shape index (κ1) is 15.8. The molecule has 1 aromatic carbocycles. The molecule has 1 aromatic heterocycles. The summed E-state index contributed by atoms with van der Waals surface area (Å²) < 4.78 is 5.77. The SMILES string of the molecule is Cc1ccc(N2C(=O)C(=CC=Cc3ccco3)SC2=S)c(C)c1. The maximum Gasteiger partial charge on any atom is 0.270 e. The number of allylic oxidation sites excluding steroid dienone is 2. The number of nitrogens with zero attached hydrogens (tertiary/aromatic N) is 1. The minimum Gasteiger partial charge on any atom is -0.465 e. The molecule has 1 fully saturated rings. The fraction of sp³-hybridized carbons (Fsp3) is 0.111. The second-order valence-corrected chi connectivity index (χ2v) is 6.88. The molecule has 1 aliphatic heterocycles. The highest BCUT2D eigenvalue weighted by molar-refractivity contribution is 8.27. The van der Waals surface area contributed by atoms with Crippen LogP contribution in [0.4, 0.5) is 5.69 Å². The molecule has 0 radical (unpaired) electrons. The third-order valence-electron chi connectivity index (χ3n) is 3.44. The lowest BCUT2D eigenvalue weighted by Gasteiger charge is -2.17. The number of aryl methyl sites for hydroxylation is 2. The van der Waals surface area contributed by atoms with Gasteiger partial charge in [0.2, 0.25) is 0 Å². The van der Waals surface area contributed by atoms with E-state index in [0.717, 1.165) is 22.6 Å². The number of thioether (sulfide) groups is 1. The number of carbonyl (C=O) groups is 1. The zero-order valence-electron chi connectivity index (χ0n) is 12.8. The molecule has 3 rings (SSSR count). The van der Waals surface area contributed by atoms with Gasteiger partial charge in [-0.3, -0.25) is 9.69 Å². The van der Waals surface area contributed by atoms with Crippen LogP contribution in [0.5, 0.6) is 0 Å². The summed E-state index contributed by atoms with van der Waals surface area (Å²) in [6.07, 6.45) is 6.99. The molecule has 2 aromatic rings.